The lowest BCUT2D eigenvalue weighted by Crippen LogP contribution is -2.12. The molecule has 0 bridgehead atoms. The van der Waals surface area contributed by atoms with Crippen LogP contribution in [-0.4, -0.2) is 0 Å². The van der Waals surface area contributed by atoms with E-state index >= 15 is 0 Å². The van der Waals surface area contributed by atoms with Crippen LogP contribution >= 0.6 is 39.1 Å². The molecule has 0 fully saturated rings. The van der Waals surface area contributed by atoms with Crippen molar-refractivity contribution in [3.63, 3.8) is 0 Å². The first-order valence-corrected chi connectivity index (χ1v) is 6.35. The van der Waals surface area contributed by atoms with Gasteiger partial charge in [0, 0.05) is 4.47 Å². The highest BCUT2D eigenvalue weighted by Crippen LogP contribution is 2.35. The minimum absolute atomic E-state index is 0.374. The van der Waals surface area contributed by atoms with Gasteiger partial charge < -0.3 is 0 Å². The normalized spacial score (nSPS) is 13.0. The highest BCUT2D eigenvalue weighted by Gasteiger charge is 2.22. The summed E-state index contributed by atoms with van der Waals surface area (Å²) >= 11 is 16.1. The molecule has 0 aromatic heterocycles. The monoisotopic (exact) mass is 308 g/mol. The van der Waals surface area contributed by atoms with Gasteiger partial charge in [-0.15, -0.1) is 23.2 Å². The van der Waals surface area contributed by atoms with Crippen LogP contribution in [-0.2, 0) is 9.75 Å². The van der Waals surface area contributed by atoms with E-state index in [1.165, 1.54) is 0 Å². The van der Waals surface area contributed by atoms with E-state index in [9.17, 15) is 0 Å². The SMILES string of the molecule is CC(C)(Cl)c1cc(Br)cc(C(C)(C)Cl)c1. The number of benzene rings is 1. The van der Waals surface area contributed by atoms with E-state index in [2.05, 4.69) is 22.0 Å². The van der Waals surface area contributed by atoms with E-state index in [0.29, 0.717) is 0 Å². The van der Waals surface area contributed by atoms with Crippen LogP contribution in [0.25, 0.3) is 0 Å². The van der Waals surface area contributed by atoms with Gasteiger partial charge in [0.15, 0.2) is 0 Å². The molecule has 0 aliphatic carbocycles. The number of rotatable bonds is 2. The van der Waals surface area contributed by atoms with Crippen LogP contribution in [0.15, 0.2) is 22.7 Å². The largest absolute Gasteiger partial charge is 0.115 e. The fourth-order valence-electron chi connectivity index (χ4n) is 1.28. The number of halogens is 3. The second kappa shape index (κ2) is 4.27. The molecule has 0 saturated heterocycles. The van der Waals surface area contributed by atoms with Crippen molar-refractivity contribution in [2.24, 2.45) is 0 Å². The summed E-state index contributed by atoms with van der Waals surface area (Å²) in [4.78, 5) is -0.749. The Balaban J connectivity index is 3.30. The van der Waals surface area contributed by atoms with E-state index in [0.717, 1.165) is 15.6 Å². The summed E-state index contributed by atoms with van der Waals surface area (Å²) in [5.74, 6) is 0. The number of hydrogen-bond acceptors (Lipinski definition) is 0. The molecule has 0 N–H and O–H groups in total. The predicted octanol–water partition coefficient (Wildman–Crippen LogP) is 5.40. The van der Waals surface area contributed by atoms with Crippen molar-refractivity contribution in [1.29, 1.82) is 0 Å². The van der Waals surface area contributed by atoms with Gasteiger partial charge in [-0.3, -0.25) is 0 Å². The molecule has 0 unspecified atom stereocenters. The lowest BCUT2D eigenvalue weighted by Gasteiger charge is -2.22. The molecule has 1 rings (SSSR count). The van der Waals surface area contributed by atoms with Crippen LogP contribution in [0.4, 0.5) is 0 Å². The molecule has 0 atom stereocenters. The van der Waals surface area contributed by atoms with Gasteiger partial charge in [-0.2, -0.15) is 0 Å². The van der Waals surface area contributed by atoms with E-state index in [-0.39, 0.29) is 9.75 Å². The number of hydrogen-bond donors (Lipinski definition) is 0. The van der Waals surface area contributed by atoms with Crippen molar-refractivity contribution < 1.29 is 0 Å². The minimum Gasteiger partial charge on any atom is -0.115 e. The molecule has 0 radical (unpaired) electrons. The summed E-state index contributed by atoms with van der Waals surface area (Å²) in [5, 5.41) is 0. The molecule has 0 spiro atoms. The lowest BCUT2D eigenvalue weighted by molar-refractivity contribution is 0.736. The van der Waals surface area contributed by atoms with Crippen molar-refractivity contribution in [2.45, 2.75) is 37.4 Å². The Kier molecular flexibility index (Phi) is 3.80. The van der Waals surface area contributed by atoms with E-state index in [1.807, 2.05) is 39.8 Å². The second-order valence-electron chi connectivity index (χ2n) is 4.67. The van der Waals surface area contributed by atoms with Gasteiger partial charge >= 0.3 is 0 Å². The van der Waals surface area contributed by atoms with Crippen molar-refractivity contribution >= 4 is 39.1 Å². The van der Waals surface area contributed by atoms with Crippen LogP contribution in [0.3, 0.4) is 0 Å². The Morgan fingerprint density at radius 3 is 1.47 bits per heavy atom. The Morgan fingerprint density at radius 2 is 1.20 bits per heavy atom. The average Bonchev–Trinajstić information content (AvgIpc) is 1.99. The maximum atomic E-state index is 6.29. The van der Waals surface area contributed by atoms with Gasteiger partial charge in [0.1, 0.15) is 0 Å². The molecule has 15 heavy (non-hydrogen) atoms. The first kappa shape index (κ1) is 13.3. The maximum Gasteiger partial charge on any atom is 0.0639 e. The fourth-order valence-corrected chi connectivity index (χ4v) is 1.99. The Hall–Kier alpha value is 0.280. The summed E-state index contributed by atoms with van der Waals surface area (Å²) in [6.07, 6.45) is 0. The molecule has 1 aromatic carbocycles. The smallest absolute Gasteiger partial charge is 0.0639 e. The first-order valence-electron chi connectivity index (χ1n) is 4.80. The van der Waals surface area contributed by atoms with Crippen LogP contribution in [0.5, 0.6) is 0 Å². The highest BCUT2D eigenvalue weighted by atomic mass is 79.9. The van der Waals surface area contributed by atoms with E-state index < -0.39 is 0 Å². The van der Waals surface area contributed by atoms with Crippen LogP contribution < -0.4 is 0 Å². The minimum atomic E-state index is -0.374. The summed E-state index contributed by atoms with van der Waals surface area (Å²) in [7, 11) is 0. The molecular formula is C12H15BrCl2. The second-order valence-corrected chi connectivity index (χ2v) is 7.48. The number of alkyl halides is 2. The molecule has 3 heteroatoms. The summed E-state index contributed by atoms with van der Waals surface area (Å²) in [5.41, 5.74) is 2.14. The molecule has 84 valence electrons. The van der Waals surface area contributed by atoms with E-state index in [1.54, 1.807) is 0 Å². The topological polar surface area (TPSA) is 0 Å². The molecule has 0 saturated carbocycles. The van der Waals surface area contributed by atoms with Crippen molar-refractivity contribution in [1.82, 2.24) is 0 Å². The van der Waals surface area contributed by atoms with Gasteiger partial charge in [0.2, 0.25) is 0 Å². The molecule has 1 aromatic rings. The summed E-state index contributed by atoms with van der Waals surface area (Å²) < 4.78 is 1.01. The zero-order valence-corrected chi connectivity index (χ0v) is 12.5. The van der Waals surface area contributed by atoms with Gasteiger partial charge in [-0.25, -0.2) is 0 Å². The van der Waals surface area contributed by atoms with Gasteiger partial charge in [0.25, 0.3) is 0 Å². The third-order valence-electron chi connectivity index (χ3n) is 2.27. The van der Waals surface area contributed by atoms with Crippen molar-refractivity contribution in [2.75, 3.05) is 0 Å². The van der Waals surface area contributed by atoms with Gasteiger partial charge in [-0.05, 0) is 51.0 Å². The average molecular weight is 310 g/mol. The van der Waals surface area contributed by atoms with Crippen LogP contribution in [0, 0.1) is 0 Å². The Bertz CT molecular complexity index is 327. The Morgan fingerprint density at radius 1 is 0.867 bits per heavy atom. The zero-order valence-electron chi connectivity index (χ0n) is 9.37. The van der Waals surface area contributed by atoms with Crippen molar-refractivity contribution in [3.05, 3.63) is 33.8 Å². The third-order valence-corrected chi connectivity index (χ3v) is 3.16. The molecule has 0 heterocycles. The molecule has 0 aliphatic heterocycles. The fraction of sp³-hybridized carbons (Fsp3) is 0.500. The first-order chi connectivity index (χ1) is 6.60. The van der Waals surface area contributed by atoms with Gasteiger partial charge in [0.05, 0.1) is 9.75 Å². The molecule has 0 aliphatic rings. The highest BCUT2D eigenvalue weighted by molar-refractivity contribution is 9.10. The molecule has 0 nitrogen and oxygen atoms in total. The summed E-state index contributed by atoms with van der Waals surface area (Å²) in [6, 6.07) is 6.11. The van der Waals surface area contributed by atoms with Gasteiger partial charge in [-0.1, -0.05) is 22.0 Å². The van der Waals surface area contributed by atoms with Crippen LogP contribution in [0.1, 0.15) is 38.8 Å². The van der Waals surface area contributed by atoms with Crippen LogP contribution in [0.2, 0.25) is 0 Å². The standard InChI is InChI=1S/C12H15BrCl2/c1-11(2,14)8-5-9(12(3,4)15)7-10(13)6-8/h5-7H,1-4H3. The van der Waals surface area contributed by atoms with Crippen molar-refractivity contribution in [3.8, 4) is 0 Å². The summed E-state index contributed by atoms with van der Waals surface area (Å²) in [6.45, 7) is 7.89. The van der Waals surface area contributed by atoms with E-state index in [4.69, 9.17) is 23.2 Å². The predicted molar refractivity (Wildman–Crippen MR) is 71.9 cm³/mol. The Labute approximate surface area is 110 Å². The maximum absolute atomic E-state index is 6.29. The zero-order chi connectivity index (χ0) is 11.9. The lowest BCUT2D eigenvalue weighted by atomic mass is 9.95. The molecule has 0 amide bonds. The third kappa shape index (κ3) is 3.65. The quantitative estimate of drug-likeness (QED) is 0.642. The molecular weight excluding hydrogens is 295 g/mol.